The first-order chi connectivity index (χ1) is 18.0. The van der Waals surface area contributed by atoms with E-state index < -0.39 is 0 Å². The number of nitrogens with zero attached hydrogens (tertiary/aromatic N) is 6. The number of carbonyl (C=O) groups excluding carboxylic acids is 1. The third-order valence-corrected chi connectivity index (χ3v) is 6.18. The average molecular weight is 496 g/mol. The molecule has 0 aliphatic carbocycles. The van der Waals surface area contributed by atoms with Crippen molar-refractivity contribution in [1.82, 2.24) is 29.8 Å². The SMILES string of the molecule is Cc1cccc(-c2nccc(Nc3ccnc(Nc4ccc(NC(=O)C5CCN(C)CC5)cc4)n3)n2)n1. The second-order valence-corrected chi connectivity index (χ2v) is 9.09. The Morgan fingerprint density at radius 1 is 0.838 bits per heavy atom. The van der Waals surface area contributed by atoms with Crippen molar-refractivity contribution < 1.29 is 4.79 Å². The van der Waals surface area contributed by atoms with Crippen LogP contribution in [0, 0.1) is 12.8 Å². The number of likely N-dealkylation sites (tertiary alicyclic amines) is 1. The lowest BCUT2D eigenvalue weighted by Crippen LogP contribution is -2.35. The second kappa shape index (κ2) is 11.1. The monoisotopic (exact) mass is 495 g/mol. The molecule has 1 aliphatic rings. The molecule has 1 fully saturated rings. The van der Waals surface area contributed by atoms with Gasteiger partial charge in [-0.1, -0.05) is 6.07 Å². The van der Waals surface area contributed by atoms with E-state index in [0.717, 1.165) is 43.0 Å². The van der Waals surface area contributed by atoms with Crippen LogP contribution in [0.4, 0.5) is 29.0 Å². The maximum absolute atomic E-state index is 12.6. The Bertz CT molecular complexity index is 1370. The van der Waals surface area contributed by atoms with Gasteiger partial charge >= 0.3 is 0 Å². The van der Waals surface area contributed by atoms with Crippen LogP contribution in [-0.4, -0.2) is 55.9 Å². The van der Waals surface area contributed by atoms with Gasteiger partial charge in [0.1, 0.15) is 17.3 Å². The minimum absolute atomic E-state index is 0.0664. The molecule has 0 saturated carbocycles. The van der Waals surface area contributed by atoms with Crippen molar-refractivity contribution in [2.24, 2.45) is 5.92 Å². The number of pyridine rings is 1. The molecule has 0 unspecified atom stereocenters. The predicted molar refractivity (Wildman–Crippen MR) is 144 cm³/mol. The fraction of sp³-hybridized carbons (Fsp3) is 0.259. The molecule has 0 bridgehead atoms. The molecule has 10 heteroatoms. The van der Waals surface area contributed by atoms with Gasteiger partial charge in [-0.05, 0) is 88.4 Å². The summed E-state index contributed by atoms with van der Waals surface area (Å²) >= 11 is 0. The highest BCUT2D eigenvalue weighted by Gasteiger charge is 2.23. The highest BCUT2D eigenvalue weighted by Crippen LogP contribution is 2.22. The van der Waals surface area contributed by atoms with E-state index in [0.29, 0.717) is 29.1 Å². The summed E-state index contributed by atoms with van der Waals surface area (Å²) in [6.45, 7) is 3.84. The van der Waals surface area contributed by atoms with E-state index in [9.17, 15) is 4.79 Å². The fourth-order valence-electron chi connectivity index (χ4n) is 4.12. The molecule has 3 aromatic heterocycles. The fourth-order valence-corrected chi connectivity index (χ4v) is 4.12. The number of nitrogens with one attached hydrogen (secondary N) is 3. The number of hydrogen-bond donors (Lipinski definition) is 3. The minimum atomic E-state index is 0.0664. The van der Waals surface area contributed by atoms with Crippen LogP contribution in [0.1, 0.15) is 18.5 Å². The highest BCUT2D eigenvalue weighted by molar-refractivity contribution is 5.92. The van der Waals surface area contributed by atoms with Crippen molar-refractivity contribution in [3.8, 4) is 11.5 Å². The summed E-state index contributed by atoms with van der Waals surface area (Å²) in [6, 6.07) is 16.8. The number of hydrogen-bond acceptors (Lipinski definition) is 9. The third kappa shape index (κ3) is 6.42. The van der Waals surface area contributed by atoms with Crippen molar-refractivity contribution >= 4 is 34.9 Å². The molecule has 37 heavy (non-hydrogen) atoms. The van der Waals surface area contributed by atoms with E-state index in [1.807, 2.05) is 49.4 Å². The Balaban J connectivity index is 1.21. The summed E-state index contributed by atoms with van der Waals surface area (Å²) in [6.07, 6.45) is 5.13. The molecule has 4 heterocycles. The number of amides is 1. The summed E-state index contributed by atoms with van der Waals surface area (Å²) in [7, 11) is 2.09. The molecule has 10 nitrogen and oxygen atoms in total. The lowest BCUT2D eigenvalue weighted by Gasteiger charge is -2.28. The van der Waals surface area contributed by atoms with Gasteiger partial charge < -0.3 is 20.9 Å². The molecule has 1 aromatic carbocycles. The van der Waals surface area contributed by atoms with Crippen LogP contribution in [0.5, 0.6) is 0 Å². The Morgan fingerprint density at radius 2 is 1.54 bits per heavy atom. The van der Waals surface area contributed by atoms with E-state index in [4.69, 9.17) is 0 Å². The zero-order valence-electron chi connectivity index (χ0n) is 20.8. The molecule has 5 rings (SSSR count). The molecule has 1 saturated heterocycles. The van der Waals surface area contributed by atoms with Gasteiger partial charge in [0.15, 0.2) is 5.82 Å². The first kappa shape index (κ1) is 24.3. The number of rotatable bonds is 7. The number of benzene rings is 1. The standard InChI is InChI=1S/C27H29N9O/c1-18-4-3-5-22(30-18)25-28-14-10-23(34-25)33-24-11-15-29-27(35-24)32-21-8-6-20(7-9-21)31-26(37)19-12-16-36(2)17-13-19/h3-11,14-15,19H,12-13,16-17H2,1-2H3,(H,31,37)(H2,28,29,32,33,34,35). The highest BCUT2D eigenvalue weighted by atomic mass is 16.1. The Kier molecular flexibility index (Phi) is 7.27. The molecular formula is C27H29N9O. The van der Waals surface area contributed by atoms with Crippen LogP contribution in [-0.2, 0) is 4.79 Å². The number of anilines is 5. The van der Waals surface area contributed by atoms with Gasteiger partial charge in [0.05, 0.1) is 0 Å². The van der Waals surface area contributed by atoms with Crippen molar-refractivity contribution in [2.75, 3.05) is 36.1 Å². The largest absolute Gasteiger partial charge is 0.326 e. The van der Waals surface area contributed by atoms with Gasteiger partial charge in [0.2, 0.25) is 11.9 Å². The zero-order chi connectivity index (χ0) is 25.6. The van der Waals surface area contributed by atoms with E-state index in [1.165, 1.54) is 0 Å². The average Bonchev–Trinajstić information content (AvgIpc) is 2.91. The summed E-state index contributed by atoms with van der Waals surface area (Å²) in [5.74, 6) is 2.30. The molecule has 1 amide bonds. The van der Waals surface area contributed by atoms with Gasteiger partial charge in [0.25, 0.3) is 0 Å². The lowest BCUT2D eigenvalue weighted by atomic mass is 9.96. The van der Waals surface area contributed by atoms with Crippen LogP contribution < -0.4 is 16.0 Å². The lowest BCUT2D eigenvalue weighted by molar-refractivity contribution is -0.121. The van der Waals surface area contributed by atoms with E-state index >= 15 is 0 Å². The smallest absolute Gasteiger partial charge is 0.229 e. The summed E-state index contributed by atoms with van der Waals surface area (Å²) < 4.78 is 0. The zero-order valence-corrected chi connectivity index (χ0v) is 20.8. The van der Waals surface area contributed by atoms with Crippen LogP contribution in [0.25, 0.3) is 11.5 Å². The minimum Gasteiger partial charge on any atom is -0.326 e. The van der Waals surface area contributed by atoms with E-state index in [1.54, 1.807) is 24.5 Å². The van der Waals surface area contributed by atoms with Crippen LogP contribution in [0.15, 0.2) is 67.0 Å². The number of carbonyl (C=O) groups is 1. The molecule has 0 radical (unpaired) electrons. The normalized spacial score (nSPS) is 14.2. The quantitative estimate of drug-likeness (QED) is 0.342. The first-order valence-corrected chi connectivity index (χ1v) is 12.3. The van der Waals surface area contributed by atoms with Gasteiger partial charge in [0, 0.05) is 35.4 Å². The van der Waals surface area contributed by atoms with Crippen molar-refractivity contribution in [1.29, 1.82) is 0 Å². The van der Waals surface area contributed by atoms with Crippen molar-refractivity contribution in [2.45, 2.75) is 19.8 Å². The number of aryl methyl sites for hydroxylation is 1. The van der Waals surface area contributed by atoms with Crippen molar-refractivity contribution in [3.05, 3.63) is 72.7 Å². The van der Waals surface area contributed by atoms with Crippen molar-refractivity contribution in [3.63, 3.8) is 0 Å². The van der Waals surface area contributed by atoms with Gasteiger partial charge in [-0.15, -0.1) is 0 Å². The second-order valence-electron chi connectivity index (χ2n) is 9.09. The number of piperidine rings is 1. The molecular weight excluding hydrogens is 466 g/mol. The third-order valence-electron chi connectivity index (χ3n) is 6.18. The van der Waals surface area contributed by atoms with Gasteiger partial charge in [-0.25, -0.2) is 19.9 Å². The molecule has 3 N–H and O–H groups in total. The molecule has 4 aromatic rings. The predicted octanol–water partition coefficient (Wildman–Crippen LogP) is 4.40. The molecule has 188 valence electrons. The van der Waals surface area contributed by atoms with Gasteiger partial charge in [-0.3, -0.25) is 4.79 Å². The van der Waals surface area contributed by atoms with Crippen LogP contribution in [0.2, 0.25) is 0 Å². The Labute approximate surface area is 215 Å². The van der Waals surface area contributed by atoms with Gasteiger partial charge in [-0.2, -0.15) is 4.98 Å². The summed E-state index contributed by atoms with van der Waals surface area (Å²) in [4.78, 5) is 37.1. The maximum atomic E-state index is 12.6. The van der Waals surface area contributed by atoms with E-state index in [-0.39, 0.29) is 11.8 Å². The Hall–Kier alpha value is -4.44. The Morgan fingerprint density at radius 3 is 2.30 bits per heavy atom. The van der Waals surface area contributed by atoms with E-state index in [2.05, 4.69) is 52.8 Å². The van der Waals surface area contributed by atoms with Crippen LogP contribution in [0.3, 0.4) is 0 Å². The molecule has 1 aliphatic heterocycles. The number of aromatic nitrogens is 5. The molecule has 0 spiro atoms. The summed E-state index contributed by atoms with van der Waals surface area (Å²) in [5.41, 5.74) is 3.19. The molecule has 0 atom stereocenters. The summed E-state index contributed by atoms with van der Waals surface area (Å²) in [5, 5.41) is 9.43. The first-order valence-electron chi connectivity index (χ1n) is 12.3. The maximum Gasteiger partial charge on any atom is 0.229 e. The van der Waals surface area contributed by atoms with Crippen LogP contribution >= 0.6 is 0 Å². The topological polar surface area (TPSA) is 121 Å².